The summed E-state index contributed by atoms with van der Waals surface area (Å²) >= 11 is 0. The molecule has 4 rings (SSSR count). The molecule has 1 fully saturated rings. The summed E-state index contributed by atoms with van der Waals surface area (Å²) in [4.78, 5) is 35.9. The zero-order chi connectivity index (χ0) is 24.1. The van der Waals surface area contributed by atoms with E-state index in [4.69, 9.17) is 9.84 Å². The fourth-order valence-corrected chi connectivity index (χ4v) is 5.01. The van der Waals surface area contributed by atoms with Gasteiger partial charge in [-0.1, -0.05) is 61.0 Å². The van der Waals surface area contributed by atoms with Crippen LogP contribution in [0.5, 0.6) is 0 Å². The molecule has 34 heavy (non-hydrogen) atoms. The van der Waals surface area contributed by atoms with Crippen molar-refractivity contribution in [3.8, 4) is 11.1 Å². The molecular formula is C27H30N2O5. The van der Waals surface area contributed by atoms with Crippen LogP contribution in [0.3, 0.4) is 0 Å². The van der Waals surface area contributed by atoms with Crippen LogP contribution in [0.2, 0.25) is 0 Å². The van der Waals surface area contributed by atoms with Gasteiger partial charge < -0.3 is 20.5 Å². The maximum absolute atomic E-state index is 12.6. The number of amides is 2. The van der Waals surface area contributed by atoms with Gasteiger partial charge in [-0.2, -0.15) is 0 Å². The van der Waals surface area contributed by atoms with Crippen LogP contribution in [-0.4, -0.2) is 42.8 Å². The van der Waals surface area contributed by atoms with Gasteiger partial charge in [0.1, 0.15) is 6.61 Å². The molecule has 7 nitrogen and oxygen atoms in total. The molecule has 0 bridgehead atoms. The first-order valence-electron chi connectivity index (χ1n) is 11.7. The Balaban J connectivity index is 1.28. The minimum atomic E-state index is -1.000. The van der Waals surface area contributed by atoms with Crippen LogP contribution < -0.4 is 10.6 Å². The van der Waals surface area contributed by atoms with Crippen LogP contribution in [0.4, 0.5) is 4.79 Å². The predicted octanol–water partition coefficient (Wildman–Crippen LogP) is 4.09. The van der Waals surface area contributed by atoms with Crippen molar-refractivity contribution >= 4 is 18.0 Å². The number of carboxylic acid groups (broad SMARTS) is 1. The number of hydrogen-bond acceptors (Lipinski definition) is 4. The molecule has 0 aromatic heterocycles. The van der Waals surface area contributed by atoms with E-state index in [9.17, 15) is 14.4 Å². The summed E-state index contributed by atoms with van der Waals surface area (Å²) in [5.41, 5.74) is 4.88. The van der Waals surface area contributed by atoms with Gasteiger partial charge in [-0.25, -0.2) is 9.59 Å². The molecule has 1 saturated carbocycles. The van der Waals surface area contributed by atoms with E-state index in [0.29, 0.717) is 6.54 Å². The third kappa shape index (κ3) is 5.14. The zero-order valence-corrected chi connectivity index (χ0v) is 19.3. The van der Waals surface area contributed by atoms with Crippen LogP contribution in [0.25, 0.3) is 11.1 Å². The van der Waals surface area contributed by atoms with Gasteiger partial charge in [0, 0.05) is 30.5 Å². The van der Waals surface area contributed by atoms with Crippen LogP contribution in [-0.2, 0) is 14.3 Å². The predicted molar refractivity (Wildman–Crippen MR) is 128 cm³/mol. The van der Waals surface area contributed by atoms with Crippen molar-refractivity contribution in [1.29, 1.82) is 0 Å². The summed E-state index contributed by atoms with van der Waals surface area (Å²) in [5.74, 6) is -1.27. The van der Waals surface area contributed by atoms with Crippen molar-refractivity contribution in [3.05, 3.63) is 71.3 Å². The van der Waals surface area contributed by atoms with E-state index < -0.39 is 12.1 Å². The average Bonchev–Trinajstić information content (AvgIpc) is 3.44. The highest BCUT2D eigenvalue weighted by atomic mass is 16.5. The maximum atomic E-state index is 12.6. The van der Waals surface area contributed by atoms with E-state index in [-0.39, 0.29) is 42.4 Å². The molecule has 2 aliphatic carbocycles. The summed E-state index contributed by atoms with van der Waals surface area (Å²) in [6, 6.07) is 16.4. The van der Waals surface area contributed by atoms with Crippen molar-refractivity contribution in [2.75, 3.05) is 19.7 Å². The molecule has 2 aliphatic rings. The number of fused-ring (bicyclic) bond motifs is 3. The summed E-state index contributed by atoms with van der Waals surface area (Å²) in [6.07, 6.45) is 3.53. The lowest BCUT2D eigenvalue weighted by Gasteiger charge is -2.20. The molecule has 0 saturated heterocycles. The Hall–Kier alpha value is -3.61. The first-order chi connectivity index (χ1) is 16.5. The highest BCUT2D eigenvalue weighted by molar-refractivity contribution is 5.86. The van der Waals surface area contributed by atoms with E-state index in [1.165, 1.54) is 24.1 Å². The molecule has 2 aromatic rings. The second-order valence-electron chi connectivity index (χ2n) is 8.94. The maximum Gasteiger partial charge on any atom is 0.407 e. The normalized spacial score (nSPS) is 19.3. The lowest BCUT2D eigenvalue weighted by molar-refractivity contribution is -0.132. The first-order valence-corrected chi connectivity index (χ1v) is 11.7. The van der Waals surface area contributed by atoms with Crippen molar-refractivity contribution in [1.82, 2.24) is 10.6 Å². The van der Waals surface area contributed by atoms with E-state index in [0.717, 1.165) is 30.4 Å². The Morgan fingerprint density at radius 1 is 1.00 bits per heavy atom. The summed E-state index contributed by atoms with van der Waals surface area (Å²) in [7, 11) is 0. The fraction of sp³-hybridized carbons (Fsp3) is 0.370. The number of alkyl carbamates (subject to hydrolysis) is 1. The van der Waals surface area contributed by atoms with E-state index in [1.54, 1.807) is 0 Å². The van der Waals surface area contributed by atoms with Crippen LogP contribution in [0.15, 0.2) is 60.2 Å². The lowest BCUT2D eigenvalue weighted by Crippen LogP contribution is -2.38. The second-order valence-corrected chi connectivity index (χ2v) is 8.94. The van der Waals surface area contributed by atoms with Gasteiger partial charge >= 0.3 is 12.1 Å². The Labute approximate surface area is 199 Å². The Bertz CT molecular complexity index is 1060. The number of rotatable bonds is 8. The lowest BCUT2D eigenvalue weighted by atomic mass is 9.95. The molecule has 0 radical (unpaired) electrons. The van der Waals surface area contributed by atoms with Gasteiger partial charge in [-0.05, 0) is 47.9 Å². The van der Waals surface area contributed by atoms with Crippen molar-refractivity contribution < 1.29 is 24.2 Å². The van der Waals surface area contributed by atoms with E-state index in [2.05, 4.69) is 34.9 Å². The van der Waals surface area contributed by atoms with Crippen molar-refractivity contribution in [3.63, 3.8) is 0 Å². The topological polar surface area (TPSA) is 105 Å². The number of benzene rings is 2. The van der Waals surface area contributed by atoms with E-state index >= 15 is 0 Å². The average molecular weight is 463 g/mol. The monoisotopic (exact) mass is 462 g/mol. The molecular weight excluding hydrogens is 432 g/mol. The molecule has 2 amide bonds. The Morgan fingerprint density at radius 2 is 1.65 bits per heavy atom. The highest BCUT2D eigenvalue weighted by Gasteiger charge is 2.33. The number of aliphatic carboxylic acids is 1. The number of carbonyl (C=O) groups excluding carboxylic acids is 2. The van der Waals surface area contributed by atoms with Gasteiger partial charge in [0.05, 0.1) is 0 Å². The van der Waals surface area contributed by atoms with Gasteiger partial charge in [0.2, 0.25) is 5.91 Å². The Morgan fingerprint density at radius 3 is 2.29 bits per heavy atom. The van der Waals surface area contributed by atoms with Crippen molar-refractivity contribution in [2.45, 2.75) is 32.1 Å². The summed E-state index contributed by atoms with van der Waals surface area (Å²) in [5, 5.41) is 14.5. The molecule has 0 aliphatic heterocycles. The third-order valence-corrected chi connectivity index (χ3v) is 6.87. The zero-order valence-electron chi connectivity index (χ0n) is 19.3. The van der Waals surface area contributed by atoms with Crippen molar-refractivity contribution in [2.24, 2.45) is 11.8 Å². The largest absolute Gasteiger partial charge is 0.478 e. The SMILES string of the molecule is C/C(=C\CNC(=O)[C@@H]1CCC[C@@H]1CNC(=O)OCC1c2ccccc2-c2ccccc21)C(=O)O. The smallest absolute Gasteiger partial charge is 0.407 e. The molecule has 178 valence electrons. The quantitative estimate of drug-likeness (QED) is 0.513. The summed E-state index contributed by atoms with van der Waals surface area (Å²) < 4.78 is 5.59. The molecule has 0 unspecified atom stereocenters. The standard InChI is InChI=1S/C27H30N2O5/c1-17(26(31)32)13-14-28-25(30)19-12-6-7-18(19)15-29-27(33)34-16-24-22-10-4-2-8-20(22)21-9-3-5-11-23(21)24/h2-5,8-11,13,18-19,24H,6-7,12,14-16H2,1H3,(H,28,30)(H,29,33)(H,31,32)/b17-13+/t18-,19-/m1/s1. The van der Waals surface area contributed by atoms with Gasteiger partial charge in [-0.3, -0.25) is 4.79 Å². The third-order valence-electron chi connectivity index (χ3n) is 6.87. The van der Waals surface area contributed by atoms with Gasteiger partial charge in [0.25, 0.3) is 0 Å². The number of nitrogens with one attached hydrogen (secondary N) is 2. The van der Waals surface area contributed by atoms with Crippen LogP contribution >= 0.6 is 0 Å². The minimum Gasteiger partial charge on any atom is -0.478 e. The minimum absolute atomic E-state index is 0.00507. The second kappa shape index (κ2) is 10.5. The number of ether oxygens (including phenoxy) is 1. The molecule has 2 atom stereocenters. The van der Waals surface area contributed by atoms with Gasteiger partial charge in [-0.15, -0.1) is 0 Å². The molecule has 0 spiro atoms. The van der Waals surface area contributed by atoms with E-state index in [1.807, 2.05) is 24.3 Å². The molecule has 2 aromatic carbocycles. The fourth-order valence-electron chi connectivity index (χ4n) is 5.01. The van der Waals surface area contributed by atoms with Crippen LogP contribution in [0, 0.1) is 11.8 Å². The molecule has 7 heteroatoms. The molecule has 3 N–H and O–H groups in total. The highest BCUT2D eigenvalue weighted by Crippen LogP contribution is 2.44. The number of carboxylic acids is 1. The first kappa shape index (κ1) is 23.5. The van der Waals surface area contributed by atoms with Crippen LogP contribution in [0.1, 0.15) is 43.2 Å². The summed E-state index contributed by atoms with van der Waals surface area (Å²) in [6.45, 7) is 2.30. The Kier molecular flexibility index (Phi) is 7.30. The van der Waals surface area contributed by atoms with Gasteiger partial charge in [0.15, 0.2) is 0 Å². The number of hydrogen-bond donors (Lipinski definition) is 3. The molecule has 0 heterocycles. The number of carbonyl (C=O) groups is 3.